The highest BCUT2D eigenvalue weighted by Crippen LogP contribution is 2.25. The van der Waals surface area contributed by atoms with Crippen molar-refractivity contribution in [3.63, 3.8) is 0 Å². The molecule has 0 aliphatic rings. The predicted molar refractivity (Wildman–Crippen MR) is 63.7 cm³/mol. The molecular weight excluding hydrogens is 218 g/mol. The standard InChI is InChI=1S/C11H15N5O/c1-16(2)7-8-17-10-6-4-3-5-9(10)11-12-14-15-13-11/h3-6H,7-8H2,1-2H3,(H,12,13,14,15). The van der Waals surface area contributed by atoms with Crippen LogP contribution in [0.4, 0.5) is 0 Å². The first-order valence-corrected chi connectivity index (χ1v) is 5.38. The molecule has 0 unspecified atom stereocenters. The van der Waals surface area contributed by atoms with Gasteiger partial charge in [0.25, 0.3) is 0 Å². The number of tetrazole rings is 1. The number of para-hydroxylation sites is 1. The molecular formula is C11H15N5O. The van der Waals surface area contributed by atoms with Crippen LogP contribution < -0.4 is 4.74 Å². The van der Waals surface area contributed by atoms with E-state index in [1.807, 2.05) is 38.4 Å². The molecule has 2 aromatic rings. The molecule has 0 bridgehead atoms. The molecule has 0 saturated heterocycles. The van der Waals surface area contributed by atoms with Crippen molar-refractivity contribution in [1.82, 2.24) is 25.5 Å². The summed E-state index contributed by atoms with van der Waals surface area (Å²) in [6.07, 6.45) is 0. The fourth-order valence-corrected chi connectivity index (χ4v) is 1.39. The summed E-state index contributed by atoms with van der Waals surface area (Å²) in [5.74, 6) is 1.32. The Kier molecular flexibility index (Phi) is 3.66. The summed E-state index contributed by atoms with van der Waals surface area (Å²) in [6, 6.07) is 7.66. The van der Waals surface area contributed by atoms with Crippen LogP contribution >= 0.6 is 0 Å². The molecule has 6 heteroatoms. The average molecular weight is 233 g/mol. The summed E-state index contributed by atoms with van der Waals surface area (Å²) in [7, 11) is 4.02. The third-order valence-corrected chi connectivity index (χ3v) is 2.27. The van der Waals surface area contributed by atoms with Gasteiger partial charge in [0.2, 0.25) is 5.82 Å². The molecule has 2 rings (SSSR count). The van der Waals surface area contributed by atoms with Crippen molar-refractivity contribution in [2.24, 2.45) is 0 Å². The van der Waals surface area contributed by atoms with Crippen molar-refractivity contribution < 1.29 is 4.74 Å². The molecule has 1 N–H and O–H groups in total. The topological polar surface area (TPSA) is 66.9 Å². The minimum atomic E-state index is 0.547. The zero-order chi connectivity index (χ0) is 12.1. The van der Waals surface area contributed by atoms with E-state index in [4.69, 9.17) is 4.74 Å². The third-order valence-electron chi connectivity index (χ3n) is 2.27. The second-order valence-corrected chi connectivity index (χ2v) is 3.88. The van der Waals surface area contributed by atoms with Gasteiger partial charge in [0.1, 0.15) is 12.4 Å². The molecule has 1 heterocycles. The molecule has 0 amide bonds. The highest BCUT2D eigenvalue weighted by molar-refractivity contribution is 5.63. The number of benzene rings is 1. The second-order valence-electron chi connectivity index (χ2n) is 3.88. The Balaban J connectivity index is 2.11. The molecule has 1 aromatic heterocycles. The Bertz CT molecular complexity index is 455. The van der Waals surface area contributed by atoms with E-state index >= 15 is 0 Å². The Morgan fingerprint density at radius 2 is 2.12 bits per heavy atom. The molecule has 17 heavy (non-hydrogen) atoms. The lowest BCUT2D eigenvalue weighted by molar-refractivity contribution is 0.262. The molecule has 6 nitrogen and oxygen atoms in total. The Morgan fingerprint density at radius 3 is 2.82 bits per heavy atom. The van der Waals surface area contributed by atoms with Crippen LogP contribution in [-0.2, 0) is 0 Å². The maximum absolute atomic E-state index is 5.71. The Labute approximate surface area is 99.6 Å². The van der Waals surface area contributed by atoms with Crippen molar-refractivity contribution >= 4 is 0 Å². The first kappa shape index (κ1) is 11.5. The fraction of sp³-hybridized carbons (Fsp3) is 0.364. The number of likely N-dealkylation sites (N-methyl/N-ethyl adjacent to an activating group) is 1. The van der Waals surface area contributed by atoms with E-state index in [-0.39, 0.29) is 0 Å². The molecule has 0 aliphatic heterocycles. The van der Waals surface area contributed by atoms with E-state index in [1.54, 1.807) is 0 Å². The monoisotopic (exact) mass is 233 g/mol. The quantitative estimate of drug-likeness (QED) is 0.827. The Morgan fingerprint density at radius 1 is 1.29 bits per heavy atom. The number of rotatable bonds is 5. The highest BCUT2D eigenvalue weighted by Gasteiger charge is 2.09. The van der Waals surface area contributed by atoms with Gasteiger partial charge in [-0.15, -0.1) is 10.2 Å². The van der Waals surface area contributed by atoms with Crippen LogP contribution in [0.1, 0.15) is 0 Å². The number of H-pyrrole nitrogens is 1. The summed E-state index contributed by atoms with van der Waals surface area (Å²) >= 11 is 0. The first-order chi connectivity index (χ1) is 8.27. The predicted octanol–water partition coefficient (Wildman–Crippen LogP) is 0.807. The van der Waals surface area contributed by atoms with Gasteiger partial charge >= 0.3 is 0 Å². The van der Waals surface area contributed by atoms with Gasteiger partial charge in [-0.05, 0) is 31.4 Å². The minimum Gasteiger partial charge on any atom is -0.491 e. The second kappa shape index (κ2) is 5.40. The van der Waals surface area contributed by atoms with Crippen LogP contribution in [0, 0.1) is 0 Å². The normalized spacial score (nSPS) is 10.8. The molecule has 0 radical (unpaired) electrons. The summed E-state index contributed by atoms with van der Waals surface area (Å²) < 4.78 is 5.71. The van der Waals surface area contributed by atoms with Crippen molar-refractivity contribution in [3.05, 3.63) is 24.3 Å². The number of nitrogens with zero attached hydrogens (tertiary/aromatic N) is 4. The van der Waals surface area contributed by atoms with E-state index in [9.17, 15) is 0 Å². The average Bonchev–Trinajstić information content (AvgIpc) is 2.82. The van der Waals surface area contributed by atoms with Crippen LogP contribution in [0.3, 0.4) is 0 Å². The maximum atomic E-state index is 5.71. The van der Waals surface area contributed by atoms with Gasteiger partial charge in [-0.25, -0.2) is 0 Å². The van der Waals surface area contributed by atoms with E-state index in [0.717, 1.165) is 17.9 Å². The van der Waals surface area contributed by atoms with Crippen molar-refractivity contribution in [1.29, 1.82) is 0 Å². The molecule has 0 spiro atoms. The molecule has 0 aliphatic carbocycles. The van der Waals surface area contributed by atoms with Crippen molar-refractivity contribution in [2.75, 3.05) is 27.2 Å². The number of aromatic amines is 1. The van der Waals surface area contributed by atoms with Crippen LogP contribution in [-0.4, -0.2) is 52.8 Å². The van der Waals surface area contributed by atoms with E-state index < -0.39 is 0 Å². The van der Waals surface area contributed by atoms with Crippen LogP contribution in [0.2, 0.25) is 0 Å². The summed E-state index contributed by atoms with van der Waals surface area (Å²) in [6.45, 7) is 1.49. The van der Waals surface area contributed by atoms with Crippen molar-refractivity contribution in [2.45, 2.75) is 0 Å². The van der Waals surface area contributed by atoms with Gasteiger partial charge in [0.15, 0.2) is 0 Å². The largest absolute Gasteiger partial charge is 0.491 e. The van der Waals surface area contributed by atoms with Crippen LogP contribution in [0.15, 0.2) is 24.3 Å². The molecule has 0 saturated carbocycles. The molecule has 1 aromatic carbocycles. The zero-order valence-electron chi connectivity index (χ0n) is 9.92. The number of hydrogen-bond donors (Lipinski definition) is 1. The molecule has 0 fully saturated rings. The van der Waals surface area contributed by atoms with Crippen LogP contribution in [0.5, 0.6) is 5.75 Å². The SMILES string of the molecule is CN(C)CCOc1ccccc1-c1nn[nH]n1. The van der Waals surface area contributed by atoms with E-state index in [0.29, 0.717) is 12.4 Å². The number of hydrogen-bond acceptors (Lipinski definition) is 5. The van der Waals surface area contributed by atoms with E-state index in [1.165, 1.54) is 0 Å². The maximum Gasteiger partial charge on any atom is 0.208 e. The lowest BCUT2D eigenvalue weighted by Crippen LogP contribution is -2.19. The lowest BCUT2D eigenvalue weighted by Gasteiger charge is -2.12. The summed E-state index contributed by atoms with van der Waals surface area (Å²) in [4.78, 5) is 2.07. The third kappa shape index (κ3) is 3.01. The van der Waals surface area contributed by atoms with Gasteiger partial charge in [-0.3, -0.25) is 0 Å². The van der Waals surface area contributed by atoms with Gasteiger partial charge in [-0.2, -0.15) is 5.21 Å². The van der Waals surface area contributed by atoms with Gasteiger partial charge in [0.05, 0.1) is 5.56 Å². The van der Waals surface area contributed by atoms with Gasteiger partial charge in [0, 0.05) is 6.54 Å². The fourth-order valence-electron chi connectivity index (χ4n) is 1.39. The van der Waals surface area contributed by atoms with Gasteiger partial charge < -0.3 is 9.64 Å². The highest BCUT2D eigenvalue weighted by atomic mass is 16.5. The molecule has 0 atom stereocenters. The number of aromatic nitrogens is 4. The Hall–Kier alpha value is -1.95. The van der Waals surface area contributed by atoms with Gasteiger partial charge in [-0.1, -0.05) is 12.1 Å². The zero-order valence-corrected chi connectivity index (χ0v) is 9.92. The smallest absolute Gasteiger partial charge is 0.208 e. The number of ether oxygens (including phenoxy) is 1. The number of nitrogens with one attached hydrogen (secondary N) is 1. The summed E-state index contributed by atoms with van der Waals surface area (Å²) in [5.41, 5.74) is 0.847. The molecule has 90 valence electrons. The lowest BCUT2D eigenvalue weighted by atomic mass is 10.2. The van der Waals surface area contributed by atoms with Crippen LogP contribution in [0.25, 0.3) is 11.4 Å². The summed E-state index contributed by atoms with van der Waals surface area (Å²) in [5, 5.41) is 13.9. The van der Waals surface area contributed by atoms with E-state index in [2.05, 4.69) is 25.5 Å². The first-order valence-electron chi connectivity index (χ1n) is 5.38. The minimum absolute atomic E-state index is 0.547. The van der Waals surface area contributed by atoms with Crippen molar-refractivity contribution in [3.8, 4) is 17.1 Å².